The predicted octanol–water partition coefficient (Wildman–Crippen LogP) is 1.67. The van der Waals surface area contributed by atoms with Gasteiger partial charge >= 0.3 is 5.97 Å². The van der Waals surface area contributed by atoms with E-state index >= 15 is 0 Å². The van der Waals surface area contributed by atoms with Crippen LogP contribution in [-0.4, -0.2) is 21.6 Å². The number of hydrogen-bond acceptors (Lipinski definition) is 3. The first-order valence-electron chi connectivity index (χ1n) is 5.34. The summed E-state index contributed by atoms with van der Waals surface area (Å²) in [6, 6.07) is 3.74. The number of rotatable bonds is 5. The van der Waals surface area contributed by atoms with Gasteiger partial charge in [-0.25, -0.2) is 0 Å². The molecule has 0 radical (unpaired) electrons. The van der Waals surface area contributed by atoms with E-state index in [1.54, 1.807) is 19.3 Å². The maximum Gasteiger partial charge on any atom is 0.323 e. The minimum Gasteiger partial charge on any atom is -0.480 e. The van der Waals surface area contributed by atoms with Crippen LogP contribution < -0.4 is 5.32 Å². The third kappa shape index (κ3) is 2.79. The van der Waals surface area contributed by atoms with Crippen LogP contribution in [0.5, 0.6) is 0 Å². The van der Waals surface area contributed by atoms with Gasteiger partial charge in [-0.15, -0.1) is 0 Å². The number of carboxylic acid groups (broad SMARTS) is 1. The molecule has 0 spiro atoms. The van der Waals surface area contributed by atoms with Gasteiger partial charge in [-0.3, -0.25) is 15.1 Å². The number of hydrogen-bond donors (Lipinski definition) is 2. The van der Waals surface area contributed by atoms with E-state index in [1.807, 2.05) is 26.0 Å². The van der Waals surface area contributed by atoms with Crippen molar-refractivity contribution in [3.63, 3.8) is 0 Å². The third-order valence-corrected chi connectivity index (χ3v) is 3.01. The summed E-state index contributed by atoms with van der Waals surface area (Å²) in [5, 5.41) is 12.3. The van der Waals surface area contributed by atoms with Crippen molar-refractivity contribution in [2.75, 3.05) is 0 Å². The SMILES string of the molecule is CC(C)C(C)(NCc1ccncc1)C(=O)O. The number of carbonyl (C=O) groups is 1. The highest BCUT2D eigenvalue weighted by Crippen LogP contribution is 2.17. The summed E-state index contributed by atoms with van der Waals surface area (Å²) in [6.07, 6.45) is 3.40. The molecule has 1 heterocycles. The van der Waals surface area contributed by atoms with Crippen LogP contribution in [0.25, 0.3) is 0 Å². The first kappa shape index (κ1) is 12.6. The van der Waals surface area contributed by atoms with Crippen LogP contribution in [0.1, 0.15) is 26.3 Å². The zero-order chi connectivity index (χ0) is 12.2. The highest BCUT2D eigenvalue weighted by molar-refractivity contribution is 5.78. The van der Waals surface area contributed by atoms with E-state index < -0.39 is 11.5 Å². The summed E-state index contributed by atoms with van der Waals surface area (Å²) >= 11 is 0. The maximum atomic E-state index is 11.2. The highest BCUT2D eigenvalue weighted by atomic mass is 16.4. The molecule has 1 aromatic rings. The highest BCUT2D eigenvalue weighted by Gasteiger charge is 2.35. The lowest BCUT2D eigenvalue weighted by Gasteiger charge is -2.30. The Balaban J connectivity index is 2.69. The summed E-state index contributed by atoms with van der Waals surface area (Å²) in [4.78, 5) is 15.1. The molecule has 4 nitrogen and oxygen atoms in total. The van der Waals surface area contributed by atoms with Gasteiger partial charge in [0.2, 0.25) is 0 Å². The van der Waals surface area contributed by atoms with Gasteiger partial charge in [0.1, 0.15) is 5.54 Å². The topological polar surface area (TPSA) is 62.2 Å². The summed E-state index contributed by atoms with van der Waals surface area (Å²) in [7, 11) is 0. The molecule has 1 atom stereocenters. The molecule has 0 aliphatic rings. The van der Waals surface area contributed by atoms with E-state index in [9.17, 15) is 9.90 Å². The number of pyridine rings is 1. The van der Waals surface area contributed by atoms with Crippen LogP contribution in [-0.2, 0) is 11.3 Å². The van der Waals surface area contributed by atoms with Crippen LogP contribution in [0, 0.1) is 5.92 Å². The monoisotopic (exact) mass is 222 g/mol. The molecular formula is C12H18N2O2. The summed E-state index contributed by atoms with van der Waals surface area (Å²) in [6.45, 7) is 6.03. The van der Waals surface area contributed by atoms with Crippen molar-refractivity contribution >= 4 is 5.97 Å². The maximum absolute atomic E-state index is 11.2. The van der Waals surface area contributed by atoms with Crippen LogP contribution in [0.4, 0.5) is 0 Å². The molecule has 0 amide bonds. The largest absolute Gasteiger partial charge is 0.480 e. The van der Waals surface area contributed by atoms with Crippen molar-refractivity contribution in [3.8, 4) is 0 Å². The zero-order valence-corrected chi connectivity index (χ0v) is 9.90. The molecule has 0 fully saturated rings. The van der Waals surface area contributed by atoms with Gasteiger partial charge in [-0.2, -0.15) is 0 Å². The molecule has 1 aromatic heterocycles. The first-order chi connectivity index (χ1) is 7.47. The molecule has 0 saturated heterocycles. The Hall–Kier alpha value is -1.42. The molecule has 0 bridgehead atoms. The Bertz CT molecular complexity index is 351. The Labute approximate surface area is 95.7 Å². The van der Waals surface area contributed by atoms with Gasteiger partial charge in [-0.05, 0) is 30.5 Å². The molecule has 1 unspecified atom stereocenters. The average Bonchev–Trinajstić information content (AvgIpc) is 2.26. The lowest BCUT2D eigenvalue weighted by Crippen LogP contribution is -2.53. The second-order valence-electron chi connectivity index (χ2n) is 4.37. The van der Waals surface area contributed by atoms with Gasteiger partial charge in [0, 0.05) is 18.9 Å². The van der Waals surface area contributed by atoms with Crippen molar-refractivity contribution in [2.24, 2.45) is 5.92 Å². The molecule has 2 N–H and O–H groups in total. The smallest absolute Gasteiger partial charge is 0.323 e. The fraction of sp³-hybridized carbons (Fsp3) is 0.500. The van der Waals surface area contributed by atoms with Gasteiger partial charge in [0.05, 0.1) is 0 Å². The molecule has 16 heavy (non-hydrogen) atoms. The Morgan fingerprint density at radius 3 is 2.50 bits per heavy atom. The first-order valence-corrected chi connectivity index (χ1v) is 5.34. The molecule has 1 rings (SSSR count). The van der Waals surface area contributed by atoms with Crippen LogP contribution in [0.15, 0.2) is 24.5 Å². The van der Waals surface area contributed by atoms with Crippen molar-refractivity contribution in [2.45, 2.75) is 32.9 Å². The average molecular weight is 222 g/mol. The van der Waals surface area contributed by atoms with Gasteiger partial charge in [0.15, 0.2) is 0 Å². The van der Waals surface area contributed by atoms with E-state index in [-0.39, 0.29) is 5.92 Å². The van der Waals surface area contributed by atoms with Crippen LogP contribution in [0.3, 0.4) is 0 Å². The van der Waals surface area contributed by atoms with Gasteiger partial charge in [0.25, 0.3) is 0 Å². The van der Waals surface area contributed by atoms with Crippen molar-refractivity contribution in [1.82, 2.24) is 10.3 Å². The van der Waals surface area contributed by atoms with Crippen LogP contribution in [0.2, 0.25) is 0 Å². The molecule has 88 valence electrons. The minimum atomic E-state index is -0.900. The quantitative estimate of drug-likeness (QED) is 0.795. The van der Waals surface area contributed by atoms with E-state index in [4.69, 9.17) is 0 Å². The Morgan fingerprint density at radius 1 is 1.50 bits per heavy atom. The van der Waals surface area contributed by atoms with E-state index in [2.05, 4.69) is 10.3 Å². The molecular weight excluding hydrogens is 204 g/mol. The predicted molar refractivity (Wildman–Crippen MR) is 62.0 cm³/mol. The lowest BCUT2D eigenvalue weighted by molar-refractivity contribution is -0.146. The van der Waals surface area contributed by atoms with E-state index in [0.29, 0.717) is 6.54 Å². The second kappa shape index (κ2) is 5.07. The number of aliphatic carboxylic acids is 1. The van der Waals surface area contributed by atoms with E-state index in [1.165, 1.54) is 0 Å². The lowest BCUT2D eigenvalue weighted by atomic mass is 9.88. The summed E-state index contributed by atoms with van der Waals surface area (Å²) in [5.74, 6) is -0.802. The fourth-order valence-corrected chi connectivity index (χ4v) is 1.31. The third-order valence-electron chi connectivity index (χ3n) is 3.01. The van der Waals surface area contributed by atoms with Gasteiger partial charge < -0.3 is 5.11 Å². The van der Waals surface area contributed by atoms with E-state index in [0.717, 1.165) is 5.56 Å². The Morgan fingerprint density at radius 2 is 2.06 bits per heavy atom. The van der Waals surface area contributed by atoms with Crippen LogP contribution >= 0.6 is 0 Å². The molecule has 0 aromatic carbocycles. The summed E-state index contributed by atoms with van der Waals surface area (Å²) in [5.41, 5.74) is 0.131. The molecule has 0 saturated carbocycles. The minimum absolute atomic E-state index is 0.0202. The molecule has 0 aliphatic carbocycles. The molecule has 0 aliphatic heterocycles. The standard InChI is InChI=1S/C12H18N2O2/c1-9(2)12(3,11(15)16)14-8-10-4-6-13-7-5-10/h4-7,9,14H,8H2,1-3H3,(H,15,16). The molecule has 4 heteroatoms. The number of nitrogens with one attached hydrogen (secondary N) is 1. The summed E-state index contributed by atoms with van der Waals surface area (Å²) < 4.78 is 0. The second-order valence-corrected chi connectivity index (χ2v) is 4.37. The zero-order valence-electron chi connectivity index (χ0n) is 9.90. The van der Waals surface area contributed by atoms with Crippen molar-refractivity contribution < 1.29 is 9.90 Å². The van der Waals surface area contributed by atoms with Gasteiger partial charge in [-0.1, -0.05) is 13.8 Å². The number of aromatic nitrogens is 1. The normalized spacial score (nSPS) is 14.8. The van der Waals surface area contributed by atoms with Crippen molar-refractivity contribution in [1.29, 1.82) is 0 Å². The number of carboxylic acids is 1. The van der Waals surface area contributed by atoms with Crippen molar-refractivity contribution in [3.05, 3.63) is 30.1 Å². The fourth-order valence-electron chi connectivity index (χ4n) is 1.31. The Kier molecular flexibility index (Phi) is 4.01. The number of nitrogens with zero attached hydrogens (tertiary/aromatic N) is 1.